The maximum Gasteiger partial charge on any atom is 0.310 e. The Labute approximate surface area is 104 Å². The summed E-state index contributed by atoms with van der Waals surface area (Å²) in [5, 5.41) is 9.33. The van der Waals surface area contributed by atoms with E-state index in [2.05, 4.69) is 0 Å². The highest BCUT2D eigenvalue weighted by atomic mass is 35.5. The van der Waals surface area contributed by atoms with Crippen LogP contribution in [-0.2, 0) is 4.79 Å². The van der Waals surface area contributed by atoms with Gasteiger partial charge in [0.2, 0.25) is 5.79 Å². The summed E-state index contributed by atoms with van der Waals surface area (Å²) >= 11 is 6.05. The first-order valence-electron chi connectivity index (χ1n) is 5.24. The minimum atomic E-state index is -0.904. The molecule has 2 rings (SSSR count). The van der Waals surface area contributed by atoms with E-state index in [0.717, 1.165) is 0 Å². The average Bonchev–Trinajstić information content (AvgIpc) is 2.51. The van der Waals surface area contributed by atoms with Crippen LogP contribution in [0.25, 0.3) is 0 Å². The van der Waals surface area contributed by atoms with Crippen molar-refractivity contribution in [2.45, 2.75) is 32.5 Å². The van der Waals surface area contributed by atoms with Gasteiger partial charge in [-0.1, -0.05) is 11.6 Å². The molecule has 1 aromatic rings. The topological polar surface area (TPSA) is 55.8 Å². The van der Waals surface area contributed by atoms with Gasteiger partial charge in [0, 0.05) is 13.8 Å². The number of fused-ring (bicyclic) bond motifs is 1. The van der Waals surface area contributed by atoms with Crippen LogP contribution in [0.5, 0.6) is 11.5 Å². The first kappa shape index (κ1) is 12.0. The molecular weight excluding hydrogens is 244 g/mol. The van der Waals surface area contributed by atoms with Crippen molar-refractivity contribution in [2.75, 3.05) is 0 Å². The van der Waals surface area contributed by atoms with Crippen LogP contribution in [-0.4, -0.2) is 16.9 Å². The molecule has 4 nitrogen and oxygen atoms in total. The molecule has 1 atom stereocenters. The zero-order valence-electron chi connectivity index (χ0n) is 9.78. The molecule has 0 spiro atoms. The lowest BCUT2D eigenvalue weighted by Crippen LogP contribution is -2.29. The van der Waals surface area contributed by atoms with Gasteiger partial charge in [-0.2, -0.15) is 0 Å². The molecule has 0 aromatic heterocycles. The second-order valence-corrected chi connectivity index (χ2v) is 4.90. The fourth-order valence-electron chi connectivity index (χ4n) is 1.69. The third kappa shape index (κ3) is 2.17. The number of carboxylic acids is 1. The first-order chi connectivity index (χ1) is 7.80. The fraction of sp³-hybridized carbons (Fsp3) is 0.417. The summed E-state index contributed by atoms with van der Waals surface area (Å²) in [7, 11) is 0. The van der Waals surface area contributed by atoms with Crippen LogP contribution in [0.4, 0.5) is 0 Å². The Morgan fingerprint density at radius 2 is 2.06 bits per heavy atom. The average molecular weight is 257 g/mol. The number of benzene rings is 1. The van der Waals surface area contributed by atoms with Gasteiger partial charge in [-0.15, -0.1) is 0 Å². The summed E-state index contributed by atoms with van der Waals surface area (Å²) in [6.07, 6.45) is 0. The third-order valence-corrected chi connectivity index (χ3v) is 2.89. The molecule has 0 amide bonds. The van der Waals surface area contributed by atoms with Gasteiger partial charge in [0.15, 0.2) is 11.5 Å². The lowest BCUT2D eigenvalue weighted by Gasteiger charge is -2.16. The molecule has 17 heavy (non-hydrogen) atoms. The van der Waals surface area contributed by atoms with Crippen LogP contribution in [0.15, 0.2) is 12.1 Å². The Bertz CT molecular complexity index is 482. The van der Waals surface area contributed by atoms with Crippen molar-refractivity contribution >= 4 is 17.6 Å². The van der Waals surface area contributed by atoms with E-state index in [9.17, 15) is 4.79 Å². The highest BCUT2D eigenvalue weighted by molar-refractivity contribution is 6.32. The molecule has 1 aliphatic heterocycles. The lowest BCUT2D eigenvalue weighted by atomic mass is 10.0. The maximum absolute atomic E-state index is 10.9. The van der Waals surface area contributed by atoms with Gasteiger partial charge in [0.05, 0.1) is 10.9 Å². The number of rotatable bonds is 2. The van der Waals surface area contributed by atoms with E-state index in [-0.39, 0.29) is 0 Å². The number of ether oxygens (including phenoxy) is 2. The van der Waals surface area contributed by atoms with Crippen LogP contribution >= 0.6 is 11.6 Å². The summed E-state index contributed by atoms with van der Waals surface area (Å²) in [6, 6.07) is 3.26. The van der Waals surface area contributed by atoms with E-state index in [1.165, 1.54) is 0 Å². The van der Waals surface area contributed by atoms with Gasteiger partial charge in [0.1, 0.15) is 0 Å². The zero-order valence-corrected chi connectivity index (χ0v) is 10.5. The first-order valence-corrected chi connectivity index (χ1v) is 5.62. The summed E-state index contributed by atoms with van der Waals surface area (Å²) in [6.45, 7) is 5.13. The van der Waals surface area contributed by atoms with Gasteiger partial charge in [-0.3, -0.25) is 4.79 Å². The number of hydrogen-bond donors (Lipinski definition) is 1. The molecule has 0 fully saturated rings. The van der Waals surface area contributed by atoms with Gasteiger partial charge < -0.3 is 14.6 Å². The van der Waals surface area contributed by atoms with Crippen molar-refractivity contribution in [1.82, 2.24) is 0 Å². The maximum atomic E-state index is 10.9. The Morgan fingerprint density at radius 1 is 1.41 bits per heavy atom. The van der Waals surface area contributed by atoms with E-state index >= 15 is 0 Å². The molecule has 0 aliphatic carbocycles. The Hall–Kier alpha value is -1.42. The van der Waals surface area contributed by atoms with E-state index < -0.39 is 17.7 Å². The van der Waals surface area contributed by atoms with Crippen molar-refractivity contribution < 1.29 is 19.4 Å². The Morgan fingerprint density at radius 3 is 2.65 bits per heavy atom. The fourth-order valence-corrected chi connectivity index (χ4v) is 1.94. The molecule has 1 aromatic carbocycles. The highest BCUT2D eigenvalue weighted by Crippen LogP contribution is 2.45. The molecule has 1 aliphatic rings. The number of hydrogen-bond acceptors (Lipinski definition) is 3. The van der Waals surface area contributed by atoms with Crippen molar-refractivity contribution in [3.8, 4) is 11.5 Å². The Balaban J connectivity index is 2.44. The molecule has 5 heteroatoms. The predicted molar refractivity (Wildman–Crippen MR) is 62.8 cm³/mol. The van der Waals surface area contributed by atoms with E-state index in [0.29, 0.717) is 22.1 Å². The quantitative estimate of drug-likeness (QED) is 0.884. The summed E-state index contributed by atoms with van der Waals surface area (Å²) in [5.74, 6) is -1.34. The molecule has 0 radical (unpaired) electrons. The lowest BCUT2D eigenvalue weighted by molar-refractivity contribution is -0.138. The molecule has 1 N–H and O–H groups in total. The van der Waals surface area contributed by atoms with Gasteiger partial charge in [-0.25, -0.2) is 0 Å². The number of aliphatic carboxylic acids is 1. The van der Waals surface area contributed by atoms with E-state index in [4.69, 9.17) is 26.2 Å². The summed E-state index contributed by atoms with van der Waals surface area (Å²) in [4.78, 5) is 10.9. The number of carboxylic acid groups (broad SMARTS) is 1. The van der Waals surface area contributed by atoms with Crippen molar-refractivity contribution in [3.63, 3.8) is 0 Å². The van der Waals surface area contributed by atoms with Crippen molar-refractivity contribution in [3.05, 3.63) is 22.7 Å². The molecule has 92 valence electrons. The molecule has 1 unspecified atom stereocenters. The SMILES string of the molecule is CC(C(=O)O)c1cc(Cl)c2c(c1)OC(C)(C)O2. The minimum absolute atomic E-state index is 0.371. The van der Waals surface area contributed by atoms with Gasteiger partial charge in [0.25, 0.3) is 0 Å². The van der Waals surface area contributed by atoms with Crippen molar-refractivity contribution in [1.29, 1.82) is 0 Å². The number of carbonyl (C=O) groups is 1. The van der Waals surface area contributed by atoms with Gasteiger partial charge >= 0.3 is 5.97 Å². The zero-order chi connectivity index (χ0) is 12.8. The highest BCUT2D eigenvalue weighted by Gasteiger charge is 2.34. The largest absolute Gasteiger partial charge is 0.481 e. The van der Waals surface area contributed by atoms with Gasteiger partial charge in [-0.05, 0) is 24.6 Å². The molecule has 0 saturated heterocycles. The summed E-state index contributed by atoms with van der Waals surface area (Å²) < 4.78 is 11.1. The van der Waals surface area contributed by atoms with Crippen LogP contribution in [0.2, 0.25) is 5.02 Å². The van der Waals surface area contributed by atoms with Crippen LogP contribution in [0, 0.1) is 0 Å². The molecule has 1 heterocycles. The molecule has 0 saturated carbocycles. The second kappa shape index (κ2) is 3.81. The number of halogens is 1. The second-order valence-electron chi connectivity index (χ2n) is 4.49. The van der Waals surface area contributed by atoms with Crippen molar-refractivity contribution in [2.24, 2.45) is 0 Å². The smallest absolute Gasteiger partial charge is 0.310 e. The van der Waals surface area contributed by atoms with E-state index in [1.807, 2.05) is 0 Å². The van der Waals surface area contributed by atoms with E-state index in [1.54, 1.807) is 32.9 Å². The van der Waals surface area contributed by atoms with Crippen LogP contribution in [0.3, 0.4) is 0 Å². The van der Waals surface area contributed by atoms with Crippen LogP contribution in [0.1, 0.15) is 32.3 Å². The standard InChI is InChI=1S/C12H13ClO4/c1-6(11(14)15)7-4-8(13)10-9(5-7)16-12(2,3)17-10/h4-6H,1-3H3,(H,14,15). The normalized spacial score (nSPS) is 17.9. The third-order valence-electron chi connectivity index (χ3n) is 2.61. The molecular formula is C12H13ClO4. The molecule has 0 bridgehead atoms. The Kier molecular flexibility index (Phi) is 2.70. The summed E-state index contributed by atoms with van der Waals surface area (Å²) in [5.41, 5.74) is 0.600. The van der Waals surface area contributed by atoms with Crippen LogP contribution < -0.4 is 9.47 Å². The monoisotopic (exact) mass is 256 g/mol. The predicted octanol–water partition coefficient (Wildman–Crippen LogP) is 3.04. The minimum Gasteiger partial charge on any atom is -0.481 e.